The second kappa shape index (κ2) is 4.29. The highest BCUT2D eigenvalue weighted by atomic mass is 32.2. The fourth-order valence-electron chi connectivity index (χ4n) is 1.32. The average molecular weight is 202 g/mol. The summed E-state index contributed by atoms with van der Waals surface area (Å²) in [6, 6.07) is 14.6. The molecule has 1 aromatic heterocycles. The van der Waals surface area contributed by atoms with E-state index in [9.17, 15) is 0 Å². The fraction of sp³-hybridized carbons (Fsp3) is 0.0833. The lowest BCUT2D eigenvalue weighted by Gasteiger charge is -1.96. The lowest BCUT2D eigenvalue weighted by molar-refractivity contribution is -0.596. The molecule has 0 radical (unpaired) electrons. The molecule has 70 valence electrons. The highest BCUT2D eigenvalue weighted by Crippen LogP contribution is 2.11. The standard InChI is InChI=1S/C12H12NS/c1-14-12-7-9-13(10-8-12)11-5-3-2-4-6-11/h2-10H,1H3/q+1. The zero-order chi connectivity index (χ0) is 9.80. The van der Waals surface area contributed by atoms with Crippen molar-refractivity contribution in [3.05, 3.63) is 54.9 Å². The van der Waals surface area contributed by atoms with Crippen LogP contribution in [0.25, 0.3) is 5.69 Å². The molecule has 0 unspecified atom stereocenters. The molecular formula is C12H12NS+. The van der Waals surface area contributed by atoms with E-state index in [4.69, 9.17) is 0 Å². The van der Waals surface area contributed by atoms with Crippen molar-refractivity contribution in [1.29, 1.82) is 0 Å². The van der Waals surface area contributed by atoms with Gasteiger partial charge >= 0.3 is 0 Å². The first-order valence-electron chi connectivity index (χ1n) is 4.51. The molecule has 0 saturated heterocycles. The maximum Gasteiger partial charge on any atom is 0.210 e. The van der Waals surface area contributed by atoms with E-state index in [-0.39, 0.29) is 0 Å². The van der Waals surface area contributed by atoms with Gasteiger partial charge in [-0.3, -0.25) is 0 Å². The third kappa shape index (κ3) is 1.96. The number of nitrogens with zero attached hydrogens (tertiary/aromatic N) is 1. The molecule has 0 atom stereocenters. The molecular weight excluding hydrogens is 190 g/mol. The molecule has 2 heteroatoms. The third-order valence-electron chi connectivity index (χ3n) is 2.09. The van der Waals surface area contributed by atoms with Crippen molar-refractivity contribution in [2.45, 2.75) is 4.90 Å². The number of benzene rings is 1. The minimum absolute atomic E-state index is 1.19. The van der Waals surface area contributed by atoms with Crippen LogP contribution in [0.5, 0.6) is 0 Å². The first kappa shape index (κ1) is 9.28. The van der Waals surface area contributed by atoms with Gasteiger partial charge in [0.15, 0.2) is 12.4 Å². The summed E-state index contributed by atoms with van der Waals surface area (Å²) in [5.74, 6) is 0. The topological polar surface area (TPSA) is 3.88 Å². The lowest BCUT2D eigenvalue weighted by atomic mass is 10.3. The van der Waals surface area contributed by atoms with Crippen LogP contribution in [0.4, 0.5) is 0 Å². The molecule has 0 N–H and O–H groups in total. The van der Waals surface area contributed by atoms with Gasteiger partial charge in [-0.05, 0) is 6.26 Å². The molecule has 0 bridgehead atoms. The smallest absolute Gasteiger partial charge is 0.167 e. The summed E-state index contributed by atoms with van der Waals surface area (Å²) >= 11 is 1.76. The predicted molar refractivity (Wildman–Crippen MR) is 59.8 cm³/mol. The Morgan fingerprint density at radius 1 is 0.929 bits per heavy atom. The monoisotopic (exact) mass is 202 g/mol. The number of pyridine rings is 1. The molecule has 0 aliphatic rings. The Morgan fingerprint density at radius 2 is 1.57 bits per heavy atom. The highest BCUT2D eigenvalue weighted by Gasteiger charge is 2.02. The lowest BCUT2D eigenvalue weighted by Crippen LogP contribution is -2.28. The molecule has 1 aromatic carbocycles. The summed E-state index contributed by atoms with van der Waals surface area (Å²) in [4.78, 5) is 1.29. The van der Waals surface area contributed by atoms with Gasteiger partial charge in [-0.2, -0.15) is 4.57 Å². The summed E-state index contributed by atoms with van der Waals surface area (Å²) < 4.78 is 2.11. The second-order valence-corrected chi connectivity index (χ2v) is 3.86. The third-order valence-corrected chi connectivity index (χ3v) is 2.83. The van der Waals surface area contributed by atoms with Crippen molar-refractivity contribution in [3.63, 3.8) is 0 Å². The minimum Gasteiger partial charge on any atom is -0.167 e. The van der Waals surface area contributed by atoms with E-state index in [0.717, 1.165) is 0 Å². The molecule has 0 fully saturated rings. The van der Waals surface area contributed by atoms with E-state index < -0.39 is 0 Å². The van der Waals surface area contributed by atoms with E-state index >= 15 is 0 Å². The van der Waals surface area contributed by atoms with E-state index in [1.54, 1.807) is 11.8 Å². The predicted octanol–water partition coefficient (Wildman–Crippen LogP) is 2.69. The molecule has 14 heavy (non-hydrogen) atoms. The van der Waals surface area contributed by atoms with Crippen LogP contribution in [0, 0.1) is 0 Å². The van der Waals surface area contributed by atoms with Crippen molar-refractivity contribution in [3.8, 4) is 5.69 Å². The Hall–Kier alpha value is -1.28. The van der Waals surface area contributed by atoms with Gasteiger partial charge in [0.2, 0.25) is 5.69 Å². The Bertz CT molecular complexity index is 394. The maximum atomic E-state index is 2.12. The quantitative estimate of drug-likeness (QED) is 0.535. The zero-order valence-corrected chi connectivity index (χ0v) is 8.87. The largest absolute Gasteiger partial charge is 0.210 e. The minimum atomic E-state index is 1.19. The molecule has 1 heterocycles. The van der Waals surface area contributed by atoms with Gasteiger partial charge in [-0.15, -0.1) is 11.8 Å². The molecule has 0 spiro atoms. The number of hydrogen-bond acceptors (Lipinski definition) is 1. The van der Waals surface area contributed by atoms with Crippen LogP contribution >= 0.6 is 11.8 Å². The van der Waals surface area contributed by atoms with Crippen LogP contribution in [0.2, 0.25) is 0 Å². The molecule has 0 aliphatic carbocycles. The molecule has 2 rings (SSSR count). The van der Waals surface area contributed by atoms with Gasteiger partial charge in [0.05, 0.1) is 0 Å². The number of thioether (sulfide) groups is 1. The van der Waals surface area contributed by atoms with E-state index in [0.29, 0.717) is 0 Å². The van der Waals surface area contributed by atoms with Crippen molar-refractivity contribution in [2.75, 3.05) is 6.26 Å². The van der Waals surface area contributed by atoms with Crippen molar-refractivity contribution in [1.82, 2.24) is 0 Å². The summed E-state index contributed by atoms with van der Waals surface area (Å²) in [5, 5.41) is 0. The molecule has 0 amide bonds. The molecule has 2 aromatic rings. The van der Waals surface area contributed by atoms with Crippen LogP contribution in [0.15, 0.2) is 59.8 Å². The first-order chi connectivity index (χ1) is 6.90. The number of aromatic nitrogens is 1. The van der Waals surface area contributed by atoms with Gasteiger partial charge in [-0.1, -0.05) is 18.2 Å². The molecule has 1 nitrogen and oxygen atoms in total. The second-order valence-electron chi connectivity index (χ2n) is 2.98. The highest BCUT2D eigenvalue weighted by molar-refractivity contribution is 7.98. The van der Waals surface area contributed by atoms with Gasteiger partial charge in [-0.25, -0.2) is 0 Å². The van der Waals surface area contributed by atoms with Crippen molar-refractivity contribution < 1.29 is 4.57 Å². The van der Waals surface area contributed by atoms with Crippen LogP contribution in [0.1, 0.15) is 0 Å². The van der Waals surface area contributed by atoms with Gasteiger partial charge in [0.1, 0.15) is 0 Å². The number of para-hydroxylation sites is 1. The summed E-state index contributed by atoms with van der Waals surface area (Å²) in [5.41, 5.74) is 1.19. The van der Waals surface area contributed by atoms with E-state index in [1.165, 1.54) is 10.6 Å². The van der Waals surface area contributed by atoms with Crippen molar-refractivity contribution in [2.24, 2.45) is 0 Å². The average Bonchev–Trinajstić information content (AvgIpc) is 2.30. The summed E-state index contributed by atoms with van der Waals surface area (Å²) in [6.45, 7) is 0. The SMILES string of the molecule is CSc1cc[n+](-c2ccccc2)cc1. The fourth-order valence-corrected chi connectivity index (χ4v) is 1.71. The van der Waals surface area contributed by atoms with E-state index in [2.05, 4.69) is 47.5 Å². The van der Waals surface area contributed by atoms with Crippen molar-refractivity contribution >= 4 is 11.8 Å². The van der Waals surface area contributed by atoms with Gasteiger partial charge in [0, 0.05) is 29.2 Å². The number of hydrogen-bond donors (Lipinski definition) is 0. The summed E-state index contributed by atoms with van der Waals surface area (Å²) in [7, 11) is 0. The van der Waals surface area contributed by atoms with E-state index in [1.807, 2.05) is 18.2 Å². The Balaban J connectivity index is 2.34. The maximum absolute atomic E-state index is 2.12. The zero-order valence-electron chi connectivity index (χ0n) is 8.05. The normalized spacial score (nSPS) is 10.1. The van der Waals surface area contributed by atoms with Gasteiger partial charge < -0.3 is 0 Å². The molecule has 0 aliphatic heterocycles. The first-order valence-corrected chi connectivity index (χ1v) is 5.73. The van der Waals surface area contributed by atoms with Crippen LogP contribution in [-0.4, -0.2) is 6.26 Å². The number of rotatable bonds is 2. The Labute approximate surface area is 88.4 Å². The van der Waals surface area contributed by atoms with Gasteiger partial charge in [0.25, 0.3) is 0 Å². The molecule has 0 saturated carbocycles. The Morgan fingerprint density at radius 3 is 2.14 bits per heavy atom. The Kier molecular flexibility index (Phi) is 2.84. The summed E-state index contributed by atoms with van der Waals surface area (Å²) in [6.07, 6.45) is 6.25. The van der Waals surface area contributed by atoms with Crippen LogP contribution in [-0.2, 0) is 0 Å². The van der Waals surface area contributed by atoms with Crippen LogP contribution < -0.4 is 4.57 Å². The van der Waals surface area contributed by atoms with Crippen LogP contribution in [0.3, 0.4) is 0 Å².